The predicted octanol–water partition coefficient (Wildman–Crippen LogP) is 2.07. The monoisotopic (exact) mass is 234 g/mol. The molecule has 1 aliphatic heterocycles. The van der Waals surface area contributed by atoms with Gasteiger partial charge in [0.05, 0.1) is 0 Å². The number of hydrogen-bond acceptors (Lipinski definition) is 2. The third kappa shape index (κ3) is 3.86. The van der Waals surface area contributed by atoms with Crippen molar-refractivity contribution in [1.82, 2.24) is 10.2 Å². The summed E-state index contributed by atoms with van der Waals surface area (Å²) in [5, 5.41) is 3.24. The molecule has 1 fully saturated rings. The number of benzene rings is 1. The number of carbonyl (C=O) groups is 1. The van der Waals surface area contributed by atoms with Gasteiger partial charge < -0.3 is 10.2 Å². The van der Waals surface area contributed by atoms with Crippen LogP contribution in [0, 0.1) is 6.92 Å². The van der Waals surface area contributed by atoms with Crippen LogP contribution in [0.5, 0.6) is 0 Å². The van der Waals surface area contributed by atoms with Crippen LogP contribution in [0.25, 0.3) is 0 Å². The van der Waals surface area contributed by atoms with Gasteiger partial charge in [-0.3, -0.25) is 4.79 Å². The maximum absolute atomic E-state index is 12.0. The van der Waals surface area contributed by atoms with E-state index in [0.29, 0.717) is 0 Å². The Labute approximate surface area is 104 Å². The summed E-state index contributed by atoms with van der Waals surface area (Å²) < 4.78 is 0. The van der Waals surface area contributed by atoms with Gasteiger partial charge in [0.2, 0.25) is 0 Å². The highest BCUT2D eigenvalue weighted by Crippen LogP contribution is 2.07. The maximum atomic E-state index is 12.0. The van der Waals surface area contributed by atoms with E-state index < -0.39 is 0 Å². The van der Waals surface area contributed by atoms with Gasteiger partial charge in [0.15, 0.2) is 0 Å². The Morgan fingerprint density at radius 2 is 1.65 bits per heavy atom. The van der Waals surface area contributed by atoms with Crippen molar-refractivity contribution in [3.8, 4) is 0 Å². The van der Waals surface area contributed by atoms with Crippen LogP contribution in [0.3, 0.4) is 0 Å². The first-order chi connectivity index (χ1) is 8.27. The molecule has 3 nitrogen and oxygen atoms in total. The molecule has 0 aromatic heterocycles. The second-order valence-corrected chi connectivity index (χ2v) is 3.91. The second-order valence-electron chi connectivity index (χ2n) is 3.91. The zero-order valence-corrected chi connectivity index (χ0v) is 11.0. The summed E-state index contributed by atoms with van der Waals surface area (Å²) in [5.41, 5.74) is 1.98. The van der Waals surface area contributed by atoms with Crippen molar-refractivity contribution in [2.24, 2.45) is 0 Å². The van der Waals surface area contributed by atoms with Gasteiger partial charge in [0, 0.05) is 31.7 Å². The Bertz CT molecular complexity index is 340. The molecule has 2 rings (SSSR count). The molecule has 0 spiro atoms. The van der Waals surface area contributed by atoms with Crippen molar-refractivity contribution in [3.63, 3.8) is 0 Å². The van der Waals surface area contributed by atoms with Crippen molar-refractivity contribution >= 4 is 5.91 Å². The Morgan fingerprint density at radius 3 is 2.18 bits per heavy atom. The molecule has 0 unspecified atom stereocenters. The normalized spacial score (nSPS) is 14.9. The standard InChI is InChI=1S/C12H16N2O.C2H6/c1-10-2-4-11(5-3-10)12(15)14-8-6-13-7-9-14;1-2/h2-5,13H,6-9H2,1H3;1-2H3. The molecule has 3 heteroatoms. The van der Waals surface area contributed by atoms with E-state index in [0.717, 1.165) is 31.7 Å². The van der Waals surface area contributed by atoms with Gasteiger partial charge in [-0.05, 0) is 19.1 Å². The zero-order chi connectivity index (χ0) is 12.7. The van der Waals surface area contributed by atoms with Crippen LogP contribution in [-0.4, -0.2) is 37.0 Å². The zero-order valence-electron chi connectivity index (χ0n) is 11.0. The number of piperazine rings is 1. The highest BCUT2D eigenvalue weighted by Gasteiger charge is 2.17. The first-order valence-electron chi connectivity index (χ1n) is 6.34. The molecule has 0 bridgehead atoms. The topological polar surface area (TPSA) is 32.3 Å². The fraction of sp³-hybridized carbons (Fsp3) is 0.500. The van der Waals surface area contributed by atoms with Crippen molar-refractivity contribution in [3.05, 3.63) is 35.4 Å². The molecule has 1 aromatic rings. The minimum absolute atomic E-state index is 0.150. The average Bonchev–Trinajstić information content (AvgIpc) is 2.42. The van der Waals surface area contributed by atoms with Gasteiger partial charge in [-0.15, -0.1) is 0 Å². The number of nitrogens with zero attached hydrogens (tertiary/aromatic N) is 1. The Balaban J connectivity index is 0.000000686. The SMILES string of the molecule is CC.Cc1ccc(C(=O)N2CCNCC2)cc1. The van der Waals surface area contributed by atoms with E-state index in [4.69, 9.17) is 0 Å². The summed E-state index contributed by atoms with van der Waals surface area (Å²) in [6, 6.07) is 7.77. The molecule has 17 heavy (non-hydrogen) atoms. The maximum Gasteiger partial charge on any atom is 0.253 e. The first-order valence-corrected chi connectivity index (χ1v) is 6.34. The van der Waals surface area contributed by atoms with Crippen molar-refractivity contribution < 1.29 is 4.79 Å². The summed E-state index contributed by atoms with van der Waals surface area (Å²) in [5.74, 6) is 0.150. The number of nitrogens with one attached hydrogen (secondary N) is 1. The summed E-state index contributed by atoms with van der Waals surface area (Å²) in [7, 11) is 0. The Kier molecular flexibility index (Phi) is 5.70. The minimum atomic E-state index is 0.150. The number of amides is 1. The van der Waals surface area contributed by atoms with E-state index in [-0.39, 0.29) is 5.91 Å². The summed E-state index contributed by atoms with van der Waals surface area (Å²) in [4.78, 5) is 13.9. The summed E-state index contributed by atoms with van der Waals surface area (Å²) in [6.45, 7) is 9.45. The van der Waals surface area contributed by atoms with Crippen molar-refractivity contribution in [2.45, 2.75) is 20.8 Å². The molecule has 1 aliphatic rings. The van der Waals surface area contributed by atoms with Crippen LogP contribution < -0.4 is 5.32 Å². The van der Waals surface area contributed by atoms with Crippen LogP contribution in [0.2, 0.25) is 0 Å². The smallest absolute Gasteiger partial charge is 0.253 e. The third-order valence-electron chi connectivity index (χ3n) is 2.70. The number of rotatable bonds is 1. The molecule has 1 amide bonds. The van der Waals surface area contributed by atoms with E-state index in [1.807, 2.05) is 49.9 Å². The Hall–Kier alpha value is -1.35. The van der Waals surface area contributed by atoms with Crippen LogP contribution in [0.15, 0.2) is 24.3 Å². The highest BCUT2D eigenvalue weighted by atomic mass is 16.2. The van der Waals surface area contributed by atoms with Crippen molar-refractivity contribution in [1.29, 1.82) is 0 Å². The molecule has 0 aliphatic carbocycles. The lowest BCUT2D eigenvalue weighted by Gasteiger charge is -2.27. The lowest BCUT2D eigenvalue weighted by atomic mass is 10.1. The lowest BCUT2D eigenvalue weighted by Crippen LogP contribution is -2.46. The molecule has 1 heterocycles. The average molecular weight is 234 g/mol. The summed E-state index contributed by atoms with van der Waals surface area (Å²) >= 11 is 0. The summed E-state index contributed by atoms with van der Waals surface area (Å²) in [6.07, 6.45) is 0. The molecule has 94 valence electrons. The van der Waals surface area contributed by atoms with Crippen LogP contribution >= 0.6 is 0 Å². The molecule has 0 atom stereocenters. The van der Waals surface area contributed by atoms with Crippen LogP contribution in [-0.2, 0) is 0 Å². The van der Waals surface area contributed by atoms with Crippen LogP contribution in [0.4, 0.5) is 0 Å². The van der Waals surface area contributed by atoms with Crippen molar-refractivity contribution in [2.75, 3.05) is 26.2 Å². The Morgan fingerprint density at radius 1 is 1.12 bits per heavy atom. The molecular weight excluding hydrogens is 212 g/mol. The third-order valence-corrected chi connectivity index (χ3v) is 2.70. The molecule has 1 aromatic carbocycles. The largest absolute Gasteiger partial charge is 0.336 e. The minimum Gasteiger partial charge on any atom is -0.336 e. The van der Waals surface area contributed by atoms with E-state index in [1.54, 1.807) is 0 Å². The van der Waals surface area contributed by atoms with E-state index in [2.05, 4.69) is 5.32 Å². The molecule has 1 N–H and O–H groups in total. The molecule has 0 radical (unpaired) electrons. The van der Waals surface area contributed by atoms with E-state index >= 15 is 0 Å². The van der Waals surface area contributed by atoms with Gasteiger partial charge in [-0.1, -0.05) is 31.5 Å². The van der Waals surface area contributed by atoms with Gasteiger partial charge in [0.25, 0.3) is 5.91 Å². The second kappa shape index (κ2) is 7.07. The fourth-order valence-corrected chi connectivity index (χ4v) is 1.75. The number of carbonyl (C=O) groups excluding carboxylic acids is 1. The molecular formula is C14H22N2O. The highest BCUT2D eigenvalue weighted by molar-refractivity contribution is 5.94. The van der Waals surface area contributed by atoms with Gasteiger partial charge in [0.1, 0.15) is 0 Å². The number of aryl methyl sites for hydroxylation is 1. The van der Waals surface area contributed by atoms with E-state index in [1.165, 1.54) is 5.56 Å². The fourth-order valence-electron chi connectivity index (χ4n) is 1.75. The van der Waals surface area contributed by atoms with Gasteiger partial charge in [-0.2, -0.15) is 0 Å². The van der Waals surface area contributed by atoms with Gasteiger partial charge >= 0.3 is 0 Å². The first kappa shape index (κ1) is 13.7. The molecule has 0 saturated carbocycles. The van der Waals surface area contributed by atoms with Gasteiger partial charge in [-0.25, -0.2) is 0 Å². The van der Waals surface area contributed by atoms with E-state index in [9.17, 15) is 4.79 Å². The quantitative estimate of drug-likeness (QED) is 0.806. The molecule has 1 saturated heterocycles. The number of hydrogen-bond donors (Lipinski definition) is 1. The lowest BCUT2D eigenvalue weighted by molar-refractivity contribution is 0.0736. The predicted molar refractivity (Wildman–Crippen MR) is 71.3 cm³/mol. The van der Waals surface area contributed by atoms with Crippen LogP contribution in [0.1, 0.15) is 29.8 Å².